The number of nitrogen functional groups attached to an aromatic ring is 1. The van der Waals surface area contributed by atoms with Crippen LogP contribution in [0.1, 0.15) is 5.56 Å². The average Bonchev–Trinajstić information content (AvgIpc) is 2.38. The van der Waals surface area contributed by atoms with E-state index >= 15 is 0 Å². The molecule has 0 bridgehead atoms. The van der Waals surface area contributed by atoms with E-state index in [-0.39, 0.29) is 5.75 Å². The molecule has 2 aromatic rings. The number of benzene rings is 2. The zero-order valence-electron chi connectivity index (χ0n) is 10.1. The first-order chi connectivity index (χ1) is 9.39. The number of nitriles is 1. The molecule has 0 heterocycles. The Morgan fingerprint density at radius 2 is 1.70 bits per heavy atom. The summed E-state index contributed by atoms with van der Waals surface area (Å²) in [7, 11) is 0. The van der Waals surface area contributed by atoms with Gasteiger partial charge in [0.25, 0.3) is 0 Å². The van der Waals surface area contributed by atoms with Crippen molar-refractivity contribution >= 4 is 5.69 Å². The summed E-state index contributed by atoms with van der Waals surface area (Å²) < 4.78 is 39.9. The van der Waals surface area contributed by atoms with Crippen LogP contribution >= 0.6 is 0 Å². The molecule has 0 aliphatic rings. The van der Waals surface area contributed by atoms with E-state index in [0.29, 0.717) is 22.4 Å². The number of ether oxygens (including phenoxy) is 1. The number of anilines is 1. The summed E-state index contributed by atoms with van der Waals surface area (Å²) >= 11 is 0. The molecule has 0 unspecified atom stereocenters. The highest BCUT2D eigenvalue weighted by molar-refractivity contribution is 5.73. The number of rotatable bonds is 2. The zero-order chi connectivity index (χ0) is 14.8. The Bertz CT molecular complexity index is 658. The Morgan fingerprint density at radius 3 is 2.25 bits per heavy atom. The van der Waals surface area contributed by atoms with E-state index < -0.39 is 6.36 Å². The first-order valence-corrected chi connectivity index (χ1v) is 5.55. The molecule has 0 radical (unpaired) electrons. The van der Waals surface area contributed by atoms with Gasteiger partial charge in [0.1, 0.15) is 5.75 Å². The lowest BCUT2D eigenvalue weighted by Gasteiger charge is -2.10. The molecule has 6 heteroatoms. The van der Waals surface area contributed by atoms with Crippen molar-refractivity contribution in [2.24, 2.45) is 0 Å². The molecule has 0 spiro atoms. The molecule has 2 N–H and O–H groups in total. The summed E-state index contributed by atoms with van der Waals surface area (Å²) in [6, 6.07) is 12.1. The summed E-state index contributed by atoms with van der Waals surface area (Å²) in [5.74, 6) is -0.310. The molecule has 0 amide bonds. The fourth-order valence-electron chi connectivity index (χ4n) is 1.74. The minimum Gasteiger partial charge on any atom is -0.406 e. The average molecular weight is 278 g/mol. The van der Waals surface area contributed by atoms with Crippen LogP contribution in [0.5, 0.6) is 5.75 Å². The fraction of sp³-hybridized carbons (Fsp3) is 0.0714. The molecule has 0 fully saturated rings. The van der Waals surface area contributed by atoms with Gasteiger partial charge in [0.15, 0.2) is 0 Å². The topological polar surface area (TPSA) is 59.0 Å². The van der Waals surface area contributed by atoms with Crippen LogP contribution in [0.2, 0.25) is 0 Å². The molecule has 0 aliphatic carbocycles. The van der Waals surface area contributed by atoms with E-state index in [0.717, 1.165) is 0 Å². The van der Waals surface area contributed by atoms with E-state index in [2.05, 4.69) is 4.74 Å². The van der Waals surface area contributed by atoms with Gasteiger partial charge >= 0.3 is 6.36 Å². The van der Waals surface area contributed by atoms with Gasteiger partial charge in [0, 0.05) is 5.69 Å². The van der Waals surface area contributed by atoms with Crippen molar-refractivity contribution in [1.29, 1.82) is 5.26 Å². The van der Waals surface area contributed by atoms with E-state index in [1.807, 2.05) is 6.07 Å². The normalized spacial score (nSPS) is 10.9. The van der Waals surface area contributed by atoms with E-state index in [4.69, 9.17) is 11.0 Å². The number of nitrogens with zero attached hydrogens (tertiary/aromatic N) is 1. The monoisotopic (exact) mass is 278 g/mol. The predicted molar refractivity (Wildman–Crippen MR) is 67.7 cm³/mol. The molecule has 102 valence electrons. The molecular weight excluding hydrogens is 269 g/mol. The second-order valence-electron chi connectivity index (χ2n) is 3.99. The number of hydrogen-bond acceptors (Lipinski definition) is 3. The second-order valence-corrected chi connectivity index (χ2v) is 3.99. The van der Waals surface area contributed by atoms with Crippen LogP contribution in [0.4, 0.5) is 18.9 Å². The van der Waals surface area contributed by atoms with Crippen LogP contribution in [-0.4, -0.2) is 6.36 Å². The molecule has 20 heavy (non-hydrogen) atoms. The van der Waals surface area contributed by atoms with Crippen LogP contribution in [0.25, 0.3) is 11.1 Å². The Hall–Kier alpha value is -2.68. The second kappa shape index (κ2) is 5.13. The minimum absolute atomic E-state index is 0.310. The van der Waals surface area contributed by atoms with Gasteiger partial charge in [-0.3, -0.25) is 0 Å². The Morgan fingerprint density at radius 1 is 1.05 bits per heavy atom. The quantitative estimate of drug-likeness (QED) is 0.852. The van der Waals surface area contributed by atoms with E-state index in [9.17, 15) is 13.2 Å². The van der Waals surface area contributed by atoms with Crippen LogP contribution in [-0.2, 0) is 0 Å². The van der Waals surface area contributed by atoms with Crippen molar-refractivity contribution in [1.82, 2.24) is 0 Å². The van der Waals surface area contributed by atoms with E-state index in [1.54, 1.807) is 12.1 Å². The van der Waals surface area contributed by atoms with Crippen molar-refractivity contribution in [3.63, 3.8) is 0 Å². The van der Waals surface area contributed by atoms with Gasteiger partial charge in [-0.05, 0) is 35.4 Å². The molecule has 0 saturated heterocycles. The Labute approximate surface area is 113 Å². The maximum absolute atomic E-state index is 12.0. The lowest BCUT2D eigenvalue weighted by Crippen LogP contribution is -2.16. The third-order valence-corrected chi connectivity index (χ3v) is 2.56. The minimum atomic E-state index is -4.72. The molecule has 2 rings (SSSR count). The maximum Gasteiger partial charge on any atom is 0.573 e. The summed E-state index contributed by atoms with van der Waals surface area (Å²) in [6.45, 7) is 0. The van der Waals surface area contributed by atoms with Gasteiger partial charge in [0.2, 0.25) is 0 Å². The summed E-state index contributed by atoms with van der Waals surface area (Å²) in [5.41, 5.74) is 7.59. The van der Waals surface area contributed by atoms with Gasteiger partial charge in [-0.15, -0.1) is 13.2 Å². The molecular formula is C14H9F3N2O. The van der Waals surface area contributed by atoms with Crippen LogP contribution in [0, 0.1) is 11.3 Å². The van der Waals surface area contributed by atoms with Gasteiger partial charge in [0.05, 0.1) is 11.6 Å². The highest BCUT2D eigenvalue weighted by atomic mass is 19.4. The van der Waals surface area contributed by atoms with Crippen molar-refractivity contribution in [3.05, 3.63) is 48.0 Å². The summed E-state index contributed by atoms with van der Waals surface area (Å²) in [4.78, 5) is 0. The predicted octanol–water partition coefficient (Wildman–Crippen LogP) is 3.71. The van der Waals surface area contributed by atoms with Crippen LogP contribution in [0.3, 0.4) is 0 Å². The highest BCUT2D eigenvalue weighted by Crippen LogP contribution is 2.29. The molecule has 0 saturated carbocycles. The molecule has 0 aliphatic heterocycles. The standard InChI is InChI=1S/C14H9F3N2O/c15-14(16,17)20-12-4-1-9(2-5-12)13-6-3-11(19)7-10(13)8-18/h1-7H,19H2. The maximum atomic E-state index is 12.0. The number of halogens is 3. The van der Waals surface area contributed by atoms with Gasteiger partial charge < -0.3 is 10.5 Å². The van der Waals surface area contributed by atoms with Crippen LogP contribution < -0.4 is 10.5 Å². The molecule has 0 atom stereocenters. The van der Waals surface area contributed by atoms with Crippen LogP contribution in [0.15, 0.2) is 42.5 Å². The van der Waals surface area contributed by atoms with Crippen molar-refractivity contribution < 1.29 is 17.9 Å². The summed E-state index contributed by atoms with van der Waals surface area (Å²) in [5, 5.41) is 9.03. The Balaban J connectivity index is 2.34. The first-order valence-electron chi connectivity index (χ1n) is 5.55. The van der Waals surface area contributed by atoms with Gasteiger partial charge in [-0.25, -0.2) is 0 Å². The first kappa shape index (κ1) is 13.7. The SMILES string of the molecule is N#Cc1cc(N)ccc1-c1ccc(OC(F)(F)F)cc1. The number of nitrogens with two attached hydrogens (primary N) is 1. The third kappa shape index (κ3) is 3.20. The number of hydrogen-bond donors (Lipinski definition) is 1. The molecule has 2 aromatic carbocycles. The smallest absolute Gasteiger partial charge is 0.406 e. The van der Waals surface area contributed by atoms with Gasteiger partial charge in [-0.1, -0.05) is 18.2 Å². The lowest BCUT2D eigenvalue weighted by atomic mass is 10.00. The van der Waals surface area contributed by atoms with Crippen molar-refractivity contribution in [2.45, 2.75) is 6.36 Å². The van der Waals surface area contributed by atoms with E-state index in [1.165, 1.54) is 30.3 Å². The Kier molecular flexibility index (Phi) is 3.53. The summed E-state index contributed by atoms with van der Waals surface area (Å²) in [6.07, 6.45) is -4.72. The lowest BCUT2D eigenvalue weighted by molar-refractivity contribution is -0.274. The molecule has 0 aromatic heterocycles. The van der Waals surface area contributed by atoms with Gasteiger partial charge in [-0.2, -0.15) is 5.26 Å². The zero-order valence-corrected chi connectivity index (χ0v) is 10.1. The fourth-order valence-corrected chi connectivity index (χ4v) is 1.74. The van der Waals surface area contributed by atoms with Crippen molar-refractivity contribution in [3.8, 4) is 22.9 Å². The van der Waals surface area contributed by atoms with Crippen molar-refractivity contribution in [2.75, 3.05) is 5.73 Å². The molecule has 3 nitrogen and oxygen atoms in total. The highest BCUT2D eigenvalue weighted by Gasteiger charge is 2.30. The third-order valence-electron chi connectivity index (χ3n) is 2.56. The number of alkyl halides is 3. The largest absolute Gasteiger partial charge is 0.573 e.